The third-order valence-corrected chi connectivity index (χ3v) is 3.95. The van der Waals surface area contributed by atoms with Crippen molar-refractivity contribution >= 4 is 22.9 Å². The number of rotatable bonds is 5. The van der Waals surface area contributed by atoms with E-state index >= 15 is 0 Å². The zero-order chi connectivity index (χ0) is 18.5. The molecule has 27 heavy (non-hydrogen) atoms. The average Bonchev–Trinajstić information content (AvgIpc) is 3.04. The topological polar surface area (TPSA) is 74.5 Å². The second-order valence-electron chi connectivity index (χ2n) is 5.84. The molecule has 4 aromatic rings. The first-order chi connectivity index (χ1) is 13.3. The van der Waals surface area contributed by atoms with Crippen LogP contribution in [0.15, 0.2) is 106 Å². The molecule has 0 bridgehead atoms. The van der Waals surface area contributed by atoms with Crippen LogP contribution in [0, 0.1) is 0 Å². The minimum absolute atomic E-state index is 0.214. The van der Waals surface area contributed by atoms with Gasteiger partial charge in [0, 0.05) is 5.69 Å². The molecule has 0 atom stereocenters. The minimum atomic E-state index is -0.278. The van der Waals surface area contributed by atoms with Gasteiger partial charge in [-0.05, 0) is 36.4 Å². The highest BCUT2D eigenvalue weighted by atomic mass is 16.1. The average molecular weight is 355 g/mol. The monoisotopic (exact) mass is 355 g/mol. The highest BCUT2D eigenvalue weighted by Gasteiger charge is 2.15. The van der Waals surface area contributed by atoms with E-state index in [1.807, 2.05) is 91.0 Å². The summed E-state index contributed by atoms with van der Waals surface area (Å²) in [7, 11) is 0. The number of aromatic amines is 1. The van der Waals surface area contributed by atoms with Gasteiger partial charge in [0.25, 0.3) is 0 Å². The van der Waals surface area contributed by atoms with Crippen molar-refractivity contribution in [2.75, 3.05) is 5.32 Å². The van der Waals surface area contributed by atoms with E-state index in [1.54, 1.807) is 0 Å². The van der Waals surface area contributed by atoms with Crippen molar-refractivity contribution in [2.24, 2.45) is 10.2 Å². The molecule has 0 unspecified atom stereocenters. The van der Waals surface area contributed by atoms with E-state index in [9.17, 15) is 4.79 Å². The van der Waals surface area contributed by atoms with Crippen LogP contribution in [0.3, 0.4) is 0 Å². The normalized spacial score (nSPS) is 11.0. The van der Waals surface area contributed by atoms with Crippen LogP contribution in [0.5, 0.6) is 0 Å². The molecule has 0 saturated carbocycles. The molecule has 4 rings (SSSR count). The Morgan fingerprint density at radius 3 is 2.00 bits per heavy atom. The van der Waals surface area contributed by atoms with Gasteiger partial charge in [-0.25, -0.2) is 4.68 Å². The number of nitrogens with zero attached hydrogens (tertiary/aromatic N) is 3. The lowest BCUT2D eigenvalue weighted by molar-refractivity contribution is 0.852. The van der Waals surface area contributed by atoms with Crippen molar-refractivity contribution in [3.8, 4) is 5.69 Å². The minimum Gasteiger partial charge on any atom is -0.339 e. The van der Waals surface area contributed by atoms with Crippen LogP contribution in [0.2, 0.25) is 0 Å². The lowest BCUT2D eigenvalue weighted by Gasteiger charge is -2.04. The molecule has 0 spiro atoms. The molecular weight excluding hydrogens is 338 g/mol. The molecule has 0 fully saturated rings. The summed E-state index contributed by atoms with van der Waals surface area (Å²) in [5.74, 6) is 0.481. The Balaban J connectivity index is 1.78. The predicted octanol–water partition coefficient (Wildman–Crippen LogP) is 5.32. The fourth-order valence-corrected chi connectivity index (χ4v) is 2.64. The van der Waals surface area contributed by atoms with Gasteiger partial charge in [-0.1, -0.05) is 54.6 Å². The zero-order valence-electron chi connectivity index (χ0n) is 14.4. The number of para-hydroxylation sites is 2. The molecule has 0 aliphatic heterocycles. The lowest BCUT2D eigenvalue weighted by atomic mass is 10.3. The van der Waals surface area contributed by atoms with E-state index in [4.69, 9.17) is 0 Å². The SMILES string of the molecule is O=c1c(N=Nc2ccccc2)c(Nc2ccccc2)[nH]n1-c1ccccc1. The van der Waals surface area contributed by atoms with E-state index in [0.29, 0.717) is 11.5 Å². The molecule has 2 N–H and O–H groups in total. The summed E-state index contributed by atoms with van der Waals surface area (Å²) in [6.07, 6.45) is 0. The summed E-state index contributed by atoms with van der Waals surface area (Å²) in [6.45, 7) is 0. The van der Waals surface area contributed by atoms with Crippen molar-refractivity contribution in [2.45, 2.75) is 0 Å². The molecule has 0 aliphatic carbocycles. The Hall–Kier alpha value is -3.93. The van der Waals surface area contributed by atoms with E-state index < -0.39 is 0 Å². The molecule has 1 heterocycles. The van der Waals surface area contributed by atoms with Crippen molar-refractivity contribution in [1.29, 1.82) is 0 Å². The van der Waals surface area contributed by atoms with Gasteiger partial charge in [-0.2, -0.15) is 5.11 Å². The molecule has 6 heteroatoms. The largest absolute Gasteiger partial charge is 0.339 e. The van der Waals surface area contributed by atoms with Crippen LogP contribution in [0.4, 0.5) is 22.9 Å². The second-order valence-corrected chi connectivity index (χ2v) is 5.84. The summed E-state index contributed by atoms with van der Waals surface area (Å²) >= 11 is 0. The van der Waals surface area contributed by atoms with E-state index in [1.165, 1.54) is 4.68 Å². The van der Waals surface area contributed by atoms with Gasteiger partial charge in [-0.3, -0.25) is 9.89 Å². The Morgan fingerprint density at radius 1 is 0.741 bits per heavy atom. The van der Waals surface area contributed by atoms with Gasteiger partial charge in [0.1, 0.15) is 0 Å². The number of H-pyrrole nitrogens is 1. The second kappa shape index (κ2) is 7.53. The van der Waals surface area contributed by atoms with Crippen molar-refractivity contribution in [3.05, 3.63) is 101 Å². The van der Waals surface area contributed by atoms with Crippen molar-refractivity contribution in [1.82, 2.24) is 9.78 Å². The fraction of sp³-hybridized carbons (Fsp3) is 0. The number of anilines is 2. The highest BCUT2D eigenvalue weighted by Crippen LogP contribution is 2.26. The van der Waals surface area contributed by atoms with Crippen LogP contribution in [0.25, 0.3) is 5.69 Å². The zero-order valence-corrected chi connectivity index (χ0v) is 14.4. The van der Waals surface area contributed by atoms with Crippen LogP contribution in [0.1, 0.15) is 0 Å². The Labute approximate surface area is 155 Å². The number of nitrogens with one attached hydrogen (secondary N) is 2. The summed E-state index contributed by atoms with van der Waals surface area (Å²) in [4.78, 5) is 12.9. The van der Waals surface area contributed by atoms with Crippen LogP contribution in [-0.2, 0) is 0 Å². The van der Waals surface area contributed by atoms with Crippen LogP contribution < -0.4 is 10.9 Å². The summed E-state index contributed by atoms with van der Waals surface area (Å²) < 4.78 is 1.45. The molecule has 0 aliphatic rings. The standard InChI is InChI=1S/C21H17N5O/c27-21-19(24-23-17-12-6-2-7-13-17)20(22-16-10-4-1-5-11-16)25-26(21)18-14-8-3-9-15-18/h1-15,22,25H. The molecule has 3 aromatic carbocycles. The lowest BCUT2D eigenvalue weighted by Crippen LogP contribution is -2.13. The van der Waals surface area contributed by atoms with Gasteiger partial charge in [0.2, 0.25) is 0 Å². The first kappa shape index (κ1) is 16.5. The maximum atomic E-state index is 12.9. The third-order valence-electron chi connectivity index (χ3n) is 3.95. The Morgan fingerprint density at radius 2 is 1.33 bits per heavy atom. The van der Waals surface area contributed by atoms with E-state index in [-0.39, 0.29) is 11.2 Å². The van der Waals surface area contributed by atoms with Gasteiger partial charge in [-0.15, -0.1) is 5.11 Å². The summed E-state index contributed by atoms with van der Waals surface area (Å²) in [5, 5.41) is 14.7. The van der Waals surface area contributed by atoms with Gasteiger partial charge < -0.3 is 5.32 Å². The molecule has 6 nitrogen and oxygen atoms in total. The quantitative estimate of drug-likeness (QED) is 0.475. The third kappa shape index (κ3) is 3.69. The molecule has 1 aromatic heterocycles. The van der Waals surface area contributed by atoms with E-state index in [2.05, 4.69) is 20.6 Å². The molecule has 132 valence electrons. The summed E-state index contributed by atoms with van der Waals surface area (Å²) in [6, 6.07) is 28.2. The van der Waals surface area contributed by atoms with Crippen molar-refractivity contribution < 1.29 is 0 Å². The van der Waals surface area contributed by atoms with Crippen LogP contribution in [-0.4, -0.2) is 9.78 Å². The van der Waals surface area contributed by atoms with E-state index in [0.717, 1.165) is 11.4 Å². The number of azo groups is 1. The predicted molar refractivity (Wildman–Crippen MR) is 107 cm³/mol. The Kier molecular flexibility index (Phi) is 4.61. The number of aromatic nitrogens is 2. The van der Waals surface area contributed by atoms with Gasteiger partial charge >= 0.3 is 5.56 Å². The first-order valence-electron chi connectivity index (χ1n) is 8.50. The number of hydrogen-bond donors (Lipinski definition) is 2. The summed E-state index contributed by atoms with van der Waals surface area (Å²) in [5.41, 5.74) is 2.18. The number of hydrogen-bond acceptors (Lipinski definition) is 4. The number of benzene rings is 3. The highest BCUT2D eigenvalue weighted by molar-refractivity contribution is 5.68. The maximum Gasteiger partial charge on any atom is 0.301 e. The first-order valence-corrected chi connectivity index (χ1v) is 8.50. The smallest absolute Gasteiger partial charge is 0.301 e. The molecule has 0 saturated heterocycles. The van der Waals surface area contributed by atoms with Gasteiger partial charge in [0.15, 0.2) is 11.5 Å². The molecule has 0 amide bonds. The molecule has 0 radical (unpaired) electrons. The van der Waals surface area contributed by atoms with Crippen LogP contribution >= 0.6 is 0 Å². The fourth-order valence-electron chi connectivity index (χ4n) is 2.64. The maximum absolute atomic E-state index is 12.9. The Bertz CT molecular complexity index is 1100. The molecular formula is C21H17N5O. The van der Waals surface area contributed by atoms with Gasteiger partial charge in [0.05, 0.1) is 11.4 Å². The van der Waals surface area contributed by atoms with Crippen molar-refractivity contribution in [3.63, 3.8) is 0 Å².